The van der Waals surface area contributed by atoms with Crippen LogP contribution in [-0.4, -0.2) is 48.4 Å². The predicted octanol–water partition coefficient (Wildman–Crippen LogP) is 3.58. The summed E-state index contributed by atoms with van der Waals surface area (Å²) in [5.74, 6) is 2.37. The summed E-state index contributed by atoms with van der Waals surface area (Å²) >= 11 is 0. The highest BCUT2D eigenvalue weighted by molar-refractivity contribution is 6.10. The fourth-order valence-electron chi connectivity index (χ4n) is 4.14. The van der Waals surface area contributed by atoms with E-state index in [1.807, 2.05) is 24.3 Å². The van der Waals surface area contributed by atoms with Gasteiger partial charge in [-0.25, -0.2) is 4.98 Å². The van der Waals surface area contributed by atoms with Crippen LogP contribution < -0.4 is 25.3 Å². The average molecular weight is 431 g/mol. The van der Waals surface area contributed by atoms with Crippen molar-refractivity contribution >= 4 is 27.5 Å². The summed E-state index contributed by atoms with van der Waals surface area (Å²) in [5, 5.41) is 6.05. The Bertz CT molecular complexity index is 1290. The van der Waals surface area contributed by atoms with Gasteiger partial charge >= 0.3 is 0 Å². The van der Waals surface area contributed by atoms with Gasteiger partial charge in [0.2, 0.25) is 0 Å². The first-order valence-corrected chi connectivity index (χ1v) is 10.6. The molecule has 32 heavy (non-hydrogen) atoms. The van der Waals surface area contributed by atoms with Crippen LogP contribution in [0.1, 0.15) is 12.8 Å². The van der Waals surface area contributed by atoms with E-state index >= 15 is 0 Å². The van der Waals surface area contributed by atoms with Crippen LogP contribution in [0.25, 0.3) is 32.9 Å². The first-order chi connectivity index (χ1) is 15.7. The highest BCUT2D eigenvalue weighted by Crippen LogP contribution is 2.37. The lowest BCUT2D eigenvalue weighted by molar-refractivity contribution is 0.276. The number of aromatic nitrogens is 3. The molecule has 0 saturated carbocycles. The number of pyridine rings is 3. The molecule has 0 aliphatic carbocycles. The number of ether oxygens (including phenoxy) is 3. The van der Waals surface area contributed by atoms with Crippen LogP contribution in [0.4, 0.5) is 5.82 Å². The second kappa shape index (κ2) is 8.47. The van der Waals surface area contributed by atoms with Crippen LogP contribution in [-0.2, 0) is 0 Å². The Morgan fingerprint density at radius 1 is 1.00 bits per heavy atom. The molecule has 3 N–H and O–H groups in total. The van der Waals surface area contributed by atoms with Crippen molar-refractivity contribution in [1.29, 1.82) is 0 Å². The van der Waals surface area contributed by atoms with Crippen molar-refractivity contribution < 1.29 is 14.2 Å². The minimum atomic E-state index is 0.388. The zero-order valence-corrected chi connectivity index (χ0v) is 18.1. The number of nitrogens with one attached hydrogen (secondary N) is 1. The molecule has 8 heteroatoms. The number of hydrogen-bond donors (Lipinski definition) is 2. The van der Waals surface area contributed by atoms with Gasteiger partial charge in [0.25, 0.3) is 0 Å². The standard InChI is InChI=1S/C24H25N5O3/c1-30-22-8-18-17-7-20(29-24(25)19(17)12-28-21(18)9-23(22)31-2)14-6-16(11-26-10-14)32-13-15-4-3-5-27-15/h6-12,15,27H,3-5,13H2,1-2H3,(H2,25,29)/t15-/m1/s1. The third kappa shape index (κ3) is 3.73. The topological polar surface area (TPSA) is 104 Å². The summed E-state index contributed by atoms with van der Waals surface area (Å²) in [6.45, 7) is 1.67. The first kappa shape index (κ1) is 20.3. The minimum absolute atomic E-state index is 0.388. The molecule has 0 bridgehead atoms. The summed E-state index contributed by atoms with van der Waals surface area (Å²) in [4.78, 5) is 13.5. The molecule has 1 fully saturated rings. The largest absolute Gasteiger partial charge is 0.493 e. The summed E-state index contributed by atoms with van der Waals surface area (Å²) < 4.78 is 16.9. The van der Waals surface area contributed by atoms with Crippen molar-refractivity contribution in [3.63, 3.8) is 0 Å². The molecule has 4 aromatic rings. The molecule has 5 rings (SSSR count). The van der Waals surface area contributed by atoms with Crippen molar-refractivity contribution in [3.8, 4) is 28.5 Å². The number of benzene rings is 1. The molecule has 1 aliphatic rings. The van der Waals surface area contributed by atoms with Gasteiger partial charge in [-0.2, -0.15) is 0 Å². The van der Waals surface area contributed by atoms with Gasteiger partial charge in [0, 0.05) is 40.8 Å². The number of methoxy groups -OCH3 is 2. The molecular formula is C24H25N5O3. The zero-order valence-electron chi connectivity index (χ0n) is 18.1. The molecule has 0 unspecified atom stereocenters. The van der Waals surface area contributed by atoms with E-state index in [1.54, 1.807) is 32.8 Å². The van der Waals surface area contributed by atoms with Crippen molar-refractivity contribution in [2.45, 2.75) is 18.9 Å². The third-order valence-electron chi connectivity index (χ3n) is 5.84. The molecule has 8 nitrogen and oxygen atoms in total. The number of nitrogen functional groups attached to an aromatic ring is 1. The second-order valence-electron chi connectivity index (χ2n) is 7.85. The van der Waals surface area contributed by atoms with Crippen LogP contribution in [0.15, 0.2) is 42.9 Å². The highest BCUT2D eigenvalue weighted by atomic mass is 16.5. The summed E-state index contributed by atoms with van der Waals surface area (Å²) in [6, 6.07) is 8.11. The lowest BCUT2D eigenvalue weighted by Gasteiger charge is -2.13. The fourth-order valence-corrected chi connectivity index (χ4v) is 4.14. The molecule has 1 aromatic carbocycles. The molecular weight excluding hydrogens is 406 g/mol. The summed E-state index contributed by atoms with van der Waals surface area (Å²) in [6.07, 6.45) is 7.54. The Kier molecular flexibility index (Phi) is 5.36. The maximum Gasteiger partial charge on any atom is 0.162 e. The van der Waals surface area contributed by atoms with Crippen LogP contribution >= 0.6 is 0 Å². The van der Waals surface area contributed by atoms with Crippen molar-refractivity contribution in [3.05, 3.63) is 42.9 Å². The van der Waals surface area contributed by atoms with E-state index in [-0.39, 0.29) is 0 Å². The lowest BCUT2D eigenvalue weighted by Crippen LogP contribution is -2.28. The van der Waals surface area contributed by atoms with Crippen molar-refractivity contribution in [1.82, 2.24) is 20.3 Å². The molecule has 3 aromatic heterocycles. The molecule has 0 radical (unpaired) electrons. The first-order valence-electron chi connectivity index (χ1n) is 10.6. The summed E-state index contributed by atoms with van der Waals surface area (Å²) in [5.41, 5.74) is 8.66. The summed E-state index contributed by atoms with van der Waals surface area (Å²) in [7, 11) is 3.22. The zero-order chi connectivity index (χ0) is 22.1. The van der Waals surface area contributed by atoms with Crippen LogP contribution in [0.2, 0.25) is 0 Å². The van der Waals surface area contributed by atoms with E-state index in [0.717, 1.165) is 40.2 Å². The molecule has 0 amide bonds. The molecule has 164 valence electrons. The van der Waals surface area contributed by atoms with Crippen LogP contribution in [0, 0.1) is 0 Å². The van der Waals surface area contributed by atoms with Gasteiger partial charge in [-0.05, 0) is 43.0 Å². The smallest absolute Gasteiger partial charge is 0.162 e. The predicted molar refractivity (Wildman–Crippen MR) is 124 cm³/mol. The lowest BCUT2D eigenvalue weighted by atomic mass is 10.0. The number of nitrogens with two attached hydrogens (primary N) is 1. The Balaban J connectivity index is 1.57. The third-order valence-corrected chi connectivity index (χ3v) is 5.84. The van der Waals surface area contributed by atoms with E-state index < -0.39 is 0 Å². The maximum absolute atomic E-state index is 6.32. The SMILES string of the molecule is COc1cc2ncc3c(N)nc(-c4cncc(OC[C@H]5CCCN5)c4)cc3c2cc1OC. The Morgan fingerprint density at radius 2 is 1.84 bits per heavy atom. The quantitative estimate of drug-likeness (QED) is 0.447. The van der Waals surface area contributed by atoms with Crippen LogP contribution in [0.5, 0.6) is 17.2 Å². The van der Waals surface area contributed by atoms with Crippen molar-refractivity contribution in [2.75, 3.05) is 33.1 Å². The number of rotatable bonds is 6. The van der Waals surface area contributed by atoms with E-state index in [0.29, 0.717) is 41.4 Å². The fraction of sp³-hybridized carbons (Fsp3) is 0.292. The van der Waals surface area contributed by atoms with E-state index in [9.17, 15) is 0 Å². The monoisotopic (exact) mass is 431 g/mol. The van der Waals surface area contributed by atoms with Gasteiger partial charge in [-0.1, -0.05) is 0 Å². The highest BCUT2D eigenvalue weighted by Gasteiger charge is 2.16. The van der Waals surface area contributed by atoms with Gasteiger partial charge < -0.3 is 25.3 Å². The van der Waals surface area contributed by atoms with E-state index in [4.69, 9.17) is 19.9 Å². The molecule has 1 atom stereocenters. The number of hydrogen-bond acceptors (Lipinski definition) is 8. The van der Waals surface area contributed by atoms with E-state index in [2.05, 4.69) is 20.3 Å². The normalized spacial score (nSPS) is 15.9. The number of anilines is 1. The minimum Gasteiger partial charge on any atom is -0.493 e. The Labute approximate surface area is 185 Å². The molecule has 1 saturated heterocycles. The Hall–Kier alpha value is -3.65. The van der Waals surface area contributed by atoms with Gasteiger partial charge in [0.1, 0.15) is 18.2 Å². The average Bonchev–Trinajstić information content (AvgIpc) is 3.35. The second-order valence-corrected chi connectivity index (χ2v) is 7.85. The number of nitrogens with zero attached hydrogens (tertiary/aromatic N) is 3. The molecule has 4 heterocycles. The molecule has 1 aliphatic heterocycles. The van der Waals surface area contributed by atoms with Gasteiger partial charge in [-0.3, -0.25) is 9.97 Å². The van der Waals surface area contributed by atoms with Crippen LogP contribution in [0.3, 0.4) is 0 Å². The maximum atomic E-state index is 6.32. The van der Waals surface area contributed by atoms with Crippen molar-refractivity contribution in [2.24, 2.45) is 0 Å². The van der Waals surface area contributed by atoms with Gasteiger partial charge in [-0.15, -0.1) is 0 Å². The van der Waals surface area contributed by atoms with Gasteiger partial charge in [0.05, 0.1) is 31.6 Å². The van der Waals surface area contributed by atoms with E-state index in [1.165, 1.54) is 6.42 Å². The molecule has 0 spiro atoms. The Morgan fingerprint density at radius 3 is 2.62 bits per heavy atom. The number of fused-ring (bicyclic) bond motifs is 3. The van der Waals surface area contributed by atoms with Gasteiger partial charge in [0.15, 0.2) is 11.5 Å².